The summed E-state index contributed by atoms with van der Waals surface area (Å²) < 4.78 is 44.5. The molecule has 1 aliphatic carbocycles. The van der Waals surface area contributed by atoms with Crippen molar-refractivity contribution in [3.63, 3.8) is 0 Å². The Morgan fingerprint density at radius 3 is 2.77 bits per heavy atom. The molecule has 0 radical (unpaired) electrons. The van der Waals surface area contributed by atoms with Crippen LogP contribution in [0.4, 0.5) is 13.2 Å². The lowest BCUT2D eigenvalue weighted by molar-refractivity contribution is -0.141. The van der Waals surface area contributed by atoms with Gasteiger partial charge in [0.25, 0.3) is 0 Å². The molecule has 0 bridgehead atoms. The largest absolute Gasteiger partial charge is 0.443 e. The van der Waals surface area contributed by atoms with Crippen molar-refractivity contribution in [3.05, 3.63) is 53.2 Å². The Kier molecular flexibility index (Phi) is 4.75. The number of nitrogens with zero attached hydrogens (tertiary/aromatic N) is 6. The van der Waals surface area contributed by atoms with Crippen molar-refractivity contribution >= 4 is 27.9 Å². The van der Waals surface area contributed by atoms with Crippen molar-refractivity contribution in [1.82, 2.24) is 20.2 Å². The van der Waals surface area contributed by atoms with Gasteiger partial charge in [0.2, 0.25) is 5.89 Å². The second-order valence-corrected chi connectivity index (χ2v) is 9.10. The Labute approximate surface area is 182 Å². The summed E-state index contributed by atoms with van der Waals surface area (Å²) >= 11 is 2.69. The fraction of sp³-hybridized carbons (Fsp3) is 0.263. The highest BCUT2D eigenvalue weighted by Crippen LogP contribution is 2.56. The number of aromatic nitrogens is 4. The lowest BCUT2D eigenvalue weighted by Gasteiger charge is -2.21. The molecule has 0 amide bonds. The van der Waals surface area contributed by atoms with Crippen LogP contribution in [-0.2, 0) is 17.5 Å². The Hall–Kier alpha value is -2.91. The molecule has 0 N–H and O–H groups in total. The van der Waals surface area contributed by atoms with Gasteiger partial charge in [0.15, 0.2) is 0 Å². The smallest absolute Gasteiger partial charge is 0.433 e. The van der Waals surface area contributed by atoms with E-state index < -0.39 is 11.9 Å². The molecule has 1 spiro atoms. The molecular weight excluding hydrogens is 449 g/mol. The summed E-state index contributed by atoms with van der Waals surface area (Å²) in [6, 6.07) is 5.83. The molecule has 0 aromatic carbocycles. The van der Waals surface area contributed by atoms with Gasteiger partial charge in [-0.2, -0.15) is 18.4 Å². The highest BCUT2D eigenvalue weighted by atomic mass is 32.2. The van der Waals surface area contributed by atoms with Crippen LogP contribution in [0.1, 0.15) is 35.4 Å². The number of hydrogen-bond acceptors (Lipinski definition) is 9. The quantitative estimate of drug-likeness (QED) is 0.549. The number of hydrogen-bond donors (Lipinski definition) is 0. The molecule has 0 atom stereocenters. The first-order valence-electron chi connectivity index (χ1n) is 9.04. The van der Waals surface area contributed by atoms with Gasteiger partial charge in [0.05, 0.1) is 11.7 Å². The summed E-state index contributed by atoms with van der Waals surface area (Å²) in [5, 5.41) is 18.5. The van der Waals surface area contributed by atoms with E-state index in [-0.39, 0.29) is 17.0 Å². The number of nitriles is 1. The maximum absolute atomic E-state index is 12.8. The minimum Gasteiger partial charge on any atom is -0.443 e. The van der Waals surface area contributed by atoms with Gasteiger partial charge in [-0.1, -0.05) is 17.8 Å². The maximum atomic E-state index is 12.8. The average molecular weight is 460 g/mol. The van der Waals surface area contributed by atoms with Crippen LogP contribution in [0.3, 0.4) is 0 Å². The van der Waals surface area contributed by atoms with Gasteiger partial charge in [-0.25, -0.2) is 9.97 Å². The van der Waals surface area contributed by atoms with Crippen molar-refractivity contribution < 1.29 is 17.6 Å². The Morgan fingerprint density at radius 2 is 2.10 bits per heavy atom. The molecule has 2 aliphatic rings. The predicted molar refractivity (Wildman–Crippen MR) is 107 cm³/mol. The summed E-state index contributed by atoms with van der Waals surface area (Å²) in [4.78, 5) is 12.4. The highest BCUT2D eigenvalue weighted by molar-refractivity contribution is 8.38. The van der Waals surface area contributed by atoms with Gasteiger partial charge < -0.3 is 4.42 Å². The molecule has 1 aliphatic heterocycles. The number of oxazole rings is 1. The second kappa shape index (κ2) is 7.35. The number of thioether (sulfide) groups is 2. The van der Waals surface area contributed by atoms with Gasteiger partial charge in [-0.3, -0.25) is 4.99 Å². The standard InChI is InChI=1S/C19H11F3N6OS2/c20-19(21,22)14-2-1-10(13(8-23)25-14)9-30-17-26-18(3-4-18)11-7-12(15-24-5-6-29-15)27-28-16(11)31-17/h1-2,5-7H,3-4,9H2. The molecule has 12 heteroatoms. The molecule has 5 rings (SSSR count). The topological polar surface area (TPSA) is 101 Å². The zero-order valence-corrected chi connectivity index (χ0v) is 17.2. The predicted octanol–water partition coefficient (Wildman–Crippen LogP) is 4.80. The summed E-state index contributed by atoms with van der Waals surface area (Å²) in [6.07, 6.45) is 0.151. The first kappa shape index (κ1) is 20.0. The lowest BCUT2D eigenvalue weighted by Crippen LogP contribution is -2.15. The summed E-state index contributed by atoms with van der Waals surface area (Å²) in [6.45, 7) is 0. The van der Waals surface area contributed by atoms with Crippen LogP contribution in [-0.4, -0.2) is 24.5 Å². The normalized spacial score (nSPS) is 16.5. The second-order valence-electron chi connectivity index (χ2n) is 6.90. The number of pyridine rings is 1. The molecule has 156 valence electrons. The van der Waals surface area contributed by atoms with E-state index in [0.29, 0.717) is 17.1 Å². The van der Waals surface area contributed by atoms with E-state index in [2.05, 4.69) is 20.2 Å². The zero-order chi connectivity index (χ0) is 21.6. The maximum Gasteiger partial charge on any atom is 0.433 e. The van der Waals surface area contributed by atoms with E-state index in [4.69, 9.17) is 9.41 Å². The fourth-order valence-electron chi connectivity index (χ4n) is 3.14. The van der Waals surface area contributed by atoms with E-state index in [0.717, 1.165) is 33.9 Å². The SMILES string of the molecule is N#Cc1nc(C(F)(F)F)ccc1CSC1=NC2(CC2)c2cc(-c3ncco3)nnc2S1. The van der Waals surface area contributed by atoms with Crippen LogP contribution in [0.2, 0.25) is 0 Å². The summed E-state index contributed by atoms with van der Waals surface area (Å²) in [5.41, 5.74) is 0.252. The van der Waals surface area contributed by atoms with Gasteiger partial charge >= 0.3 is 6.18 Å². The first-order valence-corrected chi connectivity index (χ1v) is 10.8. The monoisotopic (exact) mass is 460 g/mol. The van der Waals surface area contributed by atoms with E-state index >= 15 is 0 Å². The first-order chi connectivity index (χ1) is 14.9. The molecule has 1 fully saturated rings. The molecule has 4 heterocycles. The minimum atomic E-state index is -4.59. The lowest BCUT2D eigenvalue weighted by atomic mass is 10.1. The molecule has 3 aromatic heterocycles. The number of halogens is 3. The van der Waals surface area contributed by atoms with E-state index in [1.54, 1.807) is 6.07 Å². The third kappa shape index (κ3) is 3.79. The Balaban J connectivity index is 1.37. The molecule has 31 heavy (non-hydrogen) atoms. The molecule has 1 saturated carbocycles. The van der Waals surface area contributed by atoms with Crippen molar-refractivity contribution in [3.8, 4) is 17.7 Å². The molecule has 3 aromatic rings. The Morgan fingerprint density at radius 1 is 1.26 bits per heavy atom. The third-order valence-electron chi connectivity index (χ3n) is 4.85. The number of rotatable bonds is 3. The van der Waals surface area contributed by atoms with Crippen molar-refractivity contribution in [1.29, 1.82) is 5.26 Å². The summed E-state index contributed by atoms with van der Waals surface area (Å²) in [7, 11) is 0. The van der Waals surface area contributed by atoms with Crippen molar-refractivity contribution in [2.45, 2.75) is 35.3 Å². The number of alkyl halides is 3. The number of aliphatic imine (C=N–C) groups is 1. The van der Waals surface area contributed by atoms with Crippen LogP contribution < -0.4 is 0 Å². The number of fused-ring (bicyclic) bond motifs is 2. The van der Waals surface area contributed by atoms with E-state index in [1.165, 1.54) is 42.1 Å². The van der Waals surface area contributed by atoms with Crippen molar-refractivity contribution in [2.75, 3.05) is 0 Å². The van der Waals surface area contributed by atoms with Crippen LogP contribution in [0.15, 0.2) is 45.1 Å². The fourth-order valence-corrected chi connectivity index (χ4v) is 5.37. The van der Waals surface area contributed by atoms with E-state index in [9.17, 15) is 18.4 Å². The van der Waals surface area contributed by atoms with Crippen molar-refractivity contribution in [2.24, 2.45) is 4.99 Å². The molecule has 0 unspecified atom stereocenters. The van der Waals surface area contributed by atoms with E-state index in [1.807, 2.05) is 6.07 Å². The third-order valence-corrected chi connectivity index (χ3v) is 7.01. The van der Waals surface area contributed by atoms with Crippen LogP contribution in [0, 0.1) is 11.3 Å². The summed E-state index contributed by atoms with van der Waals surface area (Å²) in [5.74, 6) is 0.659. The van der Waals surface area contributed by atoms with Gasteiger partial charge in [-0.05, 0) is 42.3 Å². The van der Waals surface area contributed by atoms with Crippen LogP contribution in [0.25, 0.3) is 11.6 Å². The van der Waals surface area contributed by atoms with Crippen LogP contribution >= 0.6 is 23.5 Å². The molecule has 0 saturated heterocycles. The molecular formula is C19H11F3N6OS2. The highest BCUT2D eigenvalue weighted by Gasteiger charge is 2.49. The van der Waals surface area contributed by atoms with Gasteiger partial charge in [-0.15, -0.1) is 10.2 Å². The molecule has 7 nitrogen and oxygen atoms in total. The van der Waals surface area contributed by atoms with Crippen LogP contribution in [0.5, 0.6) is 0 Å². The zero-order valence-electron chi connectivity index (χ0n) is 15.5. The Bertz CT molecular complexity index is 1230. The van der Waals surface area contributed by atoms with Gasteiger partial charge in [0.1, 0.15) is 38.8 Å². The minimum absolute atomic E-state index is 0.236. The average Bonchev–Trinajstić information content (AvgIpc) is 3.30. The van der Waals surface area contributed by atoms with Gasteiger partial charge in [0, 0.05) is 11.3 Å².